The first-order valence-corrected chi connectivity index (χ1v) is 7.00. The van der Waals surface area contributed by atoms with Gasteiger partial charge in [-0.1, -0.05) is 19.8 Å². The summed E-state index contributed by atoms with van der Waals surface area (Å²) in [6.45, 7) is 2.92. The molecule has 1 fully saturated rings. The third kappa shape index (κ3) is 12.9. The van der Waals surface area contributed by atoms with Crippen LogP contribution >= 0.6 is 0 Å². The van der Waals surface area contributed by atoms with Crippen molar-refractivity contribution in [1.82, 2.24) is 0 Å². The van der Waals surface area contributed by atoms with E-state index in [0.29, 0.717) is 19.3 Å². The van der Waals surface area contributed by atoms with Gasteiger partial charge in [-0.2, -0.15) is 0 Å². The van der Waals surface area contributed by atoms with Gasteiger partial charge in [-0.15, -0.1) is 0 Å². The molecule has 2 atom stereocenters. The summed E-state index contributed by atoms with van der Waals surface area (Å²) in [5, 5.41) is 32.7. The number of rotatable bonds is 4. The van der Waals surface area contributed by atoms with Crippen LogP contribution in [-0.2, 0) is 19.2 Å². The molecule has 0 radical (unpaired) electrons. The number of hydrogen-bond donors (Lipinski definition) is 4. The van der Waals surface area contributed by atoms with E-state index in [4.69, 9.17) is 25.2 Å². The monoisotopic (exact) mass is 320 g/mol. The van der Waals surface area contributed by atoms with Crippen molar-refractivity contribution in [2.75, 3.05) is 0 Å². The molecule has 0 aliphatic heterocycles. The summed E-state index contributed by atoms with van der Waals surface area (Å²) in [7, 11) is 0. The van der Waals surface area contributed by atoms with E-state index in [1.54, 1.807) is 0 Å². The lowest BCUT2D eigenvalue weighted by molar-refractivity contribution is -0.155. The Hall–Kier alpha value is -2.12. The molecule has 1 aliphatic rings. The molecule has 8 nitrogen and oxygen atoms in total. The molecule has 2 unspecified atom stereocenters. The van der Waals surface area contributed by atoms with Gasteiger partial charge in [0.1, 0.15) is 0 Å². The molecular weight excluding hydrogens is 296 g/mol. The minimum absolute atomic E-state index is 0.292. The van der Waals surface area contributed by atoms with Crippen molar-refractivity contribution in [3.05, 3.63) is 0 Å². The van der Waals surface area contributed by atoms with Crippen molar-refractivity contribution in [2.45, 2.75) is 52.4 Å². The third-order valence-corrected chi connectivity index (χ3v) is 2.86. The lowest BCUT2D eigenvalue weighted by Gasteiger charge is -2.24. The van der Waals surface area contributed by atoms with Gasteiger partial charge in [0.15, 0.2) is 0 Å². The summed E-state index contributed by atoms with van der Waals surface area (Å²) in [5.41, 5.74) is 0. The average Bonchev–Trinajstić information content (AvgIpc) is 2.38. The van der Waals surface area contributed by atoms with Gasteiger partial charge in [0.25, 0.3) is 5.97 Å². The van der Waals surface area contributed by atoms with Gasteiger partial charge in [-0.25, -0.2) is 0 Å². The molecule has 1 saturated carbocycles. The fourth-order valence-electron chi connectivity index (χ4n) is 1.94. The predicted octanol–water partition coefficient (Wildman–Crippen LogP) is 1.92. The van der Waals surface area contributed by atoms with Crippen LogP contribution in [0.1, 0.15) is 52.4 Å². The van der Waals surface area contributed by atoms with Crippen LogP contribution in [0.5, 0.6) is 0 Å². The quantitative estimate of drug-likeness (QED) is 0.613. The Morgan fingerprint density at radius 2 is 1.18 bits per heavy atom. The Morgan fingerprint density at radius 1 is 0.864 bits per heavy atom. The predicted molar refractivity (Wildman–Crippen MR) is 76.6 cm³/mol. The van der Waals surface area contributed by atoms with Crippen LogP contribution in [0.15, 0.2) is 0 Å². The zero-order chi connectivity index (χ0) is 17.7. The first kappa shape index (κ1) is 22.2. The Kier molecular flexibility index (Phi) is 12.7. The van der Waals surface area contributed by atoms with Gasteiger partial charge < -0.3 is 20.4 Å². The molecule has 4 N–H and O–H groups in total. The molecule has 0 spiro atoms. The molecule has 128 valence electrons. The molecule has 0 aromatic heterocycles. The third-order valence-electron chi connectivity index (χ3n) is 2.86. The smallest absolute Gasteiger partial charge is 0.307 e. The van der Waals surface area contributed by atoms with Gasteiger partial charge in [0.05, 0.1) is 11.8 Å². The number of carboxylic acid groups (broad SMARTS) is 4. The molecule has 0 aromatic rings. The Balaban J connectivity index is 0. The van der Waals surface area contributed by atoms with Gasteiger partial charge in [-0.3, -0.25) is 19.2 Å². The minimum Gasteiger partial charge on any atom is -0.481 e. The number of hydrogen-bond acceptors (Lipinski definition) is 4. The summed E-state index contributed by atoms with van der Waals surface area (Å²) in [5.74, 6) is -4.82. The second kappa shape index (κ2) is 12.6. The lowest BCUT2D eigenvalue weighted by atomic mass is 9.79. The highest BCUT2D eigenvalue weighted by atomic mass is 16.4. The molecule has 0 saturated heterocycles. The summed E-state index contributed by atoms with van der Waals surface area (Å²) < 4.78 is 0. The van der Waals surface area contributed by atoms with Crippen LogP contribution < -0.4 is 0 Å². The van der Waals surface area contributed by atoms with Crippen LogP contribution in [0.4, 0.5) is 0 Å². The van der Waals surface area contributed by atoms with E-state index in [9.17, 15) is 14.4 Å². The van der Waals surface area contributed by atoms with Gasteiger partial charge >= 0.3 is 17.9 Å². The SMILES string of the molecule is CC(=O)O.CCCC(=O)O.O=C(O)C1CCCCC1C(=O)O. The lowest BCUT2D eigenvalue weighted by Crippen LogP contribution is -2.32. The second-order valence-corrected chi connectivity index (χ2v) is 4.84. The Bertz CT molecular complexity index is 351. The molecule has 0 bridgehead atoms. The van der Waals surface area contributed by atoms with E-state index in [1.165, 1.54) is 0 Å². The summed E-state index contributed by atoms with van der Waals surface area (Å²) in [6.07, 6.45) is 3.70. The minimum atomic E-state index is -0.970. The highest BCUT2D eigenvalue weighted by molar-refractivity contribution is 5.80. The normalized spacial score (nSPS) is 19.5. The molecule has 0 amide bonds. The summed E-state index contributed by atoms with van der Waals surface area (Å²) in [4.78, 5) is 39.8. The molecule has 1 aliphatic carbocycles. The largest absolute Gasteiger partial charge is 0.481 e. The molecule has 0 heterocycles. The zero-order valence-electron chi connectivity index (χ0n) is 12.8. The van der Waals surface area contributed by atoms with Crippen molar-refractivity contribution in [3.8, 4) is 0 Å². The molecule has 8 heteroatoms. The molecule has 0 aromatic carbocycles. The standard InChI is InChI=1S/C8H12O4.C4H8O2.C2H4O2/c9-7(10)5-3-1-2-4-6(5)8(11)12;1-2-3-4(5)6;1-2(3)4/h5-6H,1-4H2,(H,9,10)(H,11,12);2-3H2,1H3,(H,5,6);1H3,(H,3,4). The van der Waals surface area contributed by atoms with Crippen molar-refractivity contribution < 1.29 is 39.6 Å². The van der Waals surface area contributed by atoms with E-state index in [-0.39, 0.29) is 0 Å². The van der Waals surface area contributed by atoms with E-state index < -0.39 is 35.7 Å². The number of aliphatic carboxylic acids is 4. The molecular formula is C14H24O8. The van der Waals surface area contributed by atoms with Crippen LogP contribution in [-0.4, -0.2) is 44.3 Å². The summed E-state index contributed by atoms with van der Waals surface area (Å²) >= 11 is 0. The fraction of sp³-hybridized carbons (Fsp3) is 0.714. The zero-order valence-corrected chi connectivity index (χ0v) is 12.8. The van der Waals surface area contributed by atoms with E-state index in [0.717, 1.165) is 26.2 Å². The van der Waals surface area contributed by atoms with Crippen LogP contribution in [0.25, 0.3) is 0 Å². The van der Waals surface area contributed by atoms with Crippen LogP contribution in [0, 0.1) is 11.8 Å². The van der Waals surface area contributed by atoms with Crippen molar-refractivity contribution in [2.24, 2.45) is 11.8 Å². The maximum Gasteiger partial charge on any atom is 0.307 e. The number of carboxylic acids is 4. The molecule has 22 heavy (non-hydrogen) atoms. The van der Waals surface area contributed by atoms with E-state index in [2.05, 4.69) is 0 Å². The maximum absolute atomic E-state index is 10.6. The van der Waals surface area contributed by atoms with Crippen molar-refractivity contribution in [1.29, 1.82) is 0 Å². The Morgan fingerprint density at radius 3 is 1.32 bits per heavy atom. The fourth-order valence-corrected chi connectivity index (χ4v) is 1.94. The number of carbonyl (C=O) groups is 4. The topological polar surface area (TPSA) is 149 Å². The van der Waals surface area contributed by atoms with Crippen LogP contribution in [0.2, 0.25) is 0 Å². The highest BCUT2D eigenvalue weighted by Crippen LogP contribution is 2.30. The summed E-state index contributed by atoms with van der Waals surface area (Å²) in [6, 6.07) is 0. The van der Waals surface area contributed by atoms with Crippen molar-refractivity contribution >= 4 is 23.9 Å². The van der Waals surface area contributed by atoms with Crippen molar-refractivity contribution in [3.63, 3.8) is 0 Å². The molecule has 1 rings (SSSR count). The first-order valence-electron chi connectivity index (χ1n) is 7.00. The van der Waals surface area contributed by atoms with E-state index >= 15 is 0 Å². The first-order chi connectivity index (χ1) is 10.1. The van der Waals surface area contributed by atoms with Gasteiger partial charge in [0, 0.05) is 13.3 Å². The van der Waals surface area contributed by atoms with Gasteiger partial charge in [0.2, 0.25) is 0 Å². The Labute approximate surface area is 128 Å². The average molecular weight is 320 g/mol. The maximum atomic E-state index is 10.6. The van der Waals surface area contributed by atoms with E-state index in [1.807, 2.05) is 6.92 Å². The second-order valence-electron chi connectivity index (χ2n) is 4.84. The van der Waals surface area contributed by atoms with Crippen LogP contribution in [0.3, 0.4) is 0 Å². The van der Waals surface area contributed by atoms with Gasteiger partial charge in [-0.05, 0) is 19.3 Å². The highest BCUT2D eigenvalue weighted by Gasteiger charge is 2.35.